The summed E-state index contributed by atoms with van der Waals surface area (Å²) >= 11 is 0. The maximum absolute atomic E-state index is 12.3. The number of amides is 1. The van der Waals surface area contributed by atoms with Gasteiger partial charge in [0.2, 0.25) is 5.91 Å². The summed E-state index contributed by atoms with van der Waals surface area (Å²) in [6.07, 6.45) is 6.69. The molecular formula is C16H21N5O. The minimum absolute atomic E-state index is 0.186. The molecule has 0 radical (unpaired) electrons. The summed E-state index contributed by atoms with van der Waals surface area (Å²) < 4.78 is 0. The van der Waals surface area contributed by atoms with E-state index in [4.69, 9.17) is 0 Å². The van der Waals surface area contributed by atoms with Crippen molar-refractivity contribution in [1.82, 2.24) is 19.9 Å². The molecule has 0 spiro atoms. The van der Waals surface area contributed by atoms with Crippen LogP contribution in [0.5, 0.6) is 0 Å². The lowest BCUT2D eigenvalue weighted by Crippen LogP contribution is -2.49. The highest BCUT2D eigenvalue weighted by atomic mass is 16.2. The first-order valence-electron chi connectivity index (χ1n) is 8.07. The van der Waals surface area contributed by atoms with Gasteiger partial charge in [-0.3, -0.25) is 4.79 Å². The highest BCUT2D eigenvalue weighted by Gasteiger charge is 2.35. The van der Waals surface area contributed by atoms with Crippen LogP contribution in [0.3, 0.4) is 0 Å². The molecule has 2 aliphatic rings. The van der Waals surface area contributed by atoms with Crippen molar-refractivity contribution in [1.29, 1.82) is 0 Å². The number of rotatable bonds is 2. The van der Waals surface area contributed by atoms with E-state index in [1.807, 2.05) is 19.2 Å². The SMILES string of the molecule is CC1CCN([C@@H]2CCCN(c3ncnc4[nH]ccc34)C2)C1=O. The Morgan fingerprint density at radius 3 is 3.00 bits per heavy atom. The second-order valence-electron chi connectivity index (χ2n) is 6.40. The first-order valence-corrected chi connectivity index (χ1v) is 8.07. The zero-order valence-electron chi connectivity index (χ0n) is 12.8. The van der Waals surface area contributed by atoms with Crippen molar-refractivity contribution >= 4 is 22.8 Å². The van der Waals surface area contributed by atoms with Crippen LogP contribution >= 0.6 is 0 Å². The highest BCUT2D eigenvalue weighted by Crippen LogP contribution is 2.29. The van der Waals surface area contributed by atoms with Gasteiger partial charge in [0.25, 0.3) is 0 Å². The molecule has 2 aliphatic heterocycles. The molecule has 0 bridgehead atoms. The summed E-state index contributed by atoms with van der Waals surface area (Å²) in [7, 11) is 0. The van der Waals surface area contributed by atoms with Gasteiger partial charge >= 0.3 is 0 Å². The van der Waals surface area contributed by atoms with Crippen molar-refractivity contribution in [3.05, 3.63) is 18.6 Å². The first kappa shape index (κ1) is 13.5. The number of nitrogens with one attached hydrogen (secondary N) is 1. The molecule has 6 heteroatoms. The zero-order valence-corrected chi connectivity index (χ0v) is 12.8. The number of fused-ring (bicyclic) bond motifs is 1. The van der Waals surface area contributed by atoms with Crippen molar-refractivity contribution in [3.8, 4) is 0 Å². The number of nitrogens with zero attached hydrogens (tertiary/aromatic N) is 4. The molecular weight excluding hydrogens is 278 g/mol. The van der Waals surface area contributed by atoms with Crippen LogP contribution in [0.1, 0.15) is 26.2 Å². The first-order chi connectivity index (χ1) is 10.7. The lowest BCUT2D eigenvalue weighted by atomic mass is 10.0. The van der Waals surface area contributed by atoms with E-state index < -0.39 is 0 Å². The van der Waals surface area contributed by atoms with E-state index >= 15 is 0 Å². The van der Waals surface area contributed by atoms with Crippen LogP contribution in [0, 0.1) is 5.92 Å². The normalized spacial score (nSPS) is 26.1. The third-order valence-electron chi connectivity index (χ3n) is 4.98. The van der Waals surface area contributed by atoms with Gasteiger partial charge in [-0.05, 0) is 25.3 Å². The maximum Gasteiger partial charge on any atom is 0.225 e. The average Bonchev–Trinajstić information content (AvgIpc) is 3.15. The number of piperidine rings is 1. The number of aromatic nitrogens is 3. The van der Waals surface area contributed by atoms with Crippen LogP contribution < -0.4 is 4.90 Å². The third-order valence-corrected chi connectivity index (χ3v) is 4.98. The van der Waals surface area contributed by atoms with E-state index in [9.17, 15) is 4.79 Å². The smallest absolute Gasteiger partial charge is 0.225 e. The molecule has 6 nitrogen and oxygen atoms in total. The lowest BCUT2D eigenvalue weighted by molar-refractivity contribution is -0.132. The van der Waals surface area contributed by atoms with Gasteiger partial charge in [0.05, 0.1) is 5.39 Å². The minimum atomic E-state index is 0.186. The van der Waals surface area contributed by atoms with Crippen LogP contribution in [-0.4, -0.2) is 51.4 Å². The van der Waals surface area contributed by atoms with Gasteiger partial charge in [0.15, 0.2) is 0 Å². The molecule has 4 heterocycles. The van der Waals surface area contributed by atoms with Crippen molar-refractivity contribution in [2.45, 2.75) is 32.2 Å². The summed E-state index contributed by atoms with van der Waals surface area (Å²) in [5, 5.41) is 1.06. The fourth-order valence-corrected chi connectivity index (χ4v) is 3.72. The van der Waals surface area contributed by atoms with Gasteiger partial charge in [-0.15, -0.1) is 0 Å². The second kappa shape index (κ2) is 5.26. The second-order valence-corrected chi connectivity index (χ2v) is 6.40. The van der Waals surface area contributed by atoms with Gasteiger partial charge in [-0.1, -0.05) is 6.92 Å². The third kappa shape index (κ3) is 2.14. The topological polar surface area (TPSA) is 65.1 Å². The molecule has 0 saturated carbocycles. The summed E-state index contributed by atoms with van der Waals surface area (Å²) in [4.78, 5) is 28.6. The molecule has 2 aromatic heterocycles. The number of carbonyl (C=O) groups excluding carboxylic acids is 1. The molecule has 2 aromatic rings. The maximum atomic E-state index is 12.3. The predicted octanol–water partition coefficient (Wildman–Crippen LogP) is 1.80. The van der Waals surface area contributed by atoms with Crippen molar-refractivity contribution < 1.29 is 4.79 Å². The largest absolute Gasteiger partial charge is 0.354 e. The molecule has 1 N–H and O–H groups in total. The van der Waals surface area contributed by atoms with E-state index in [1.54, 1.807) is 6.33 Å². The Morgan fingerprint density at radius 2 is 2.18 bits per heavy atom. The number of aromatic amines is 1. The molecule has 2 fully saturated rings. The summed E-state index contributed by atoms with van der Waals surface area (Å²) in [5.41, 5.74) is 0.873. The Bertz CT molecular complexity index is 697. The molecule has 1 amide bonds. The quantitative estimate of drug-likeness (QED) is 0.918. The zero-order chi connectivity index (χ0) is 15.1. The molecule has 1 unspecified atom stereocenters. The number of H-pyrrole nitrogens is 1. The molecule has 0 aromatic carbocycles. The van der Waals surface area contributed by atoms with E-state index in [2.05, 4.69) is 24.8 Å². The molecule has 116 valence electrons. The molecule has 4 rings (SSSR count). The number of hydrogen-bond acceptors (Lipinski definition) is 4. The van der Waals surface area contributed by atoms with Gasteiger partial charge in [0.1, 0.15) is 17.8 Å². The Balaban J connectivity index is 1.59. The lowest BCUT2D eigenvalue weighted by Gasteiger charge is -2.38. The molecule has 0 aliphatic carbocycles. The number of carbonyl (C=O) groups is 1. The van der Waals surface area contributed by atoms with Crippen molar-refractivity contribution in [2.75, 3.05) is 24.5 Å². The highest BCUT2D eigenvalue weighted by molar-refractivity contribution is 5.87. The number of likely N-dealkylation sites (tertiary alicyclic amines) is 1. The van der Waals surface area contributed by atoms with Crippen LogP contribution in [0.15, 0.2) is 18.6 Å². The minimum Gasteiger partial charge on any atom is -0.354 e. The fraction of sp³-hybridized carbons (Fsp3) is 0.562. The van der Waals surface area contributed by atoms with Gasteiger partial charge < -0.3 is 14.8 Å². The summed E-state index contributed by atoms with van der Waals surface area (Å²) in [5.74, 6) is 1.49. The molecule has 2 saturated heterocycles. The average molecular weight is 299 g/mol. The van der Waals surface area contributed by atoms with Crippen molar-refractivity contribution in [3.63, 3.8) is 0 Å². The standard InChI is InChI=1S/C16H21N5O/c1-11-5-8-21(16(11)22)12-3-2-7-20(9-12)15-13-4-6-17-14(13)18-10-19-15/h4,6,10-12H,2-3,5,7-9H2,1H3,(H,17,18,19)/t11?,12-/m1/s1. The van der Waals surface area contributed by atoms with Crippen molar-refractivity contribution in [2.24, 2.45) is 5.92 Å². The van der Waals surface area contributed by atoms with Gasteiger partial charge in [-0.25, -0.2) is 9.97 Å². The van der Waals surface area contributed by atoms with Crippen LogP contribution in [-0.2, 0) is 4.79 Å². The predicted molar refractivity (Wildman–Crippen MR) is 84.6 cm³/mol. The van der Waals surface area contributed by atoms with E-state index in [-0.39, 0.29) is 5.92 Å². The van der Waals surface area contributed by atoms with E-state index in [0.717, 1.165) is 55.7 Å². The van der Waals surface area contributed by atoms with Gasteiger partial charge in [0, 0.05) is 37.8 Å². The van der Waals surface area contributed by atoms with Crippen LogP contribution in [0.25, 0.3) is 11.0 Å². The Labute approximate surface area is 129 Å². The fourth-order valence-electron chi connectivity index (χ4n) is 3.72. The Morgan fingerprint density at radius 1 is 1.27 bits per heavy atom. The molecule has 2 atom stereocenters. The van der Waals surface area contributed by atoms with E-state index in [1.165, 1.54) is 0 Å². The number of hydrogen-bond donors (Lipinski definition) is 1. The monoisotopic (exact) mass is 299 g/mol. The Hall–Kier alpha value is -2.11. The molecule has 22 heavy (non-hydrogen) atoms. The van der Waals surface area contributed by atoms with Crippen LogP contribution in [0.2, 0.25) is 0 Å². The van der Waals surface area contributed by atoms with Crippen LogP contribution in [0.4, 0.5) is 5.82 Å². The summed E-state index contributed by atoms with van der Waals surface area (Å²) in [6, 6.07) is 2.34. The number of anilines is 1. The summed E-state index contributed by atoms with van der Waals surface area (Å²) in [6.45, 7) is 4.81. The Kier molecular flexibility index (Phi) is 3.24. The van der Waals surface area contributed by atoms with E-state index in [0.29, 0.717) is 11.9 Å². The van der Waals surface area contributed by atoms with Gasteiger partial charge in [-0.2, -0.15) is 0 Å².